The summed E-state index contributed by atoms with van der Waals surface area (Å²) in [5.74, 6) is -2.97. The standard InChI is InChI=1S/C43H68N6O8S/c1-10-12-15-22-56-49(41(53)37(28(5)11-2)47-39(52)34-16-13-14-21-48(34)9)35(27(3)4)24-36(57-29(6)50)40-46-33(26-58-40)38(51)45-32(25-43(7,8)42(54)55)23-30-17-19-31(44)20-18-30/h17-20,26-28,32,34-37H,10-16,21-25,44H2,1-9H3,(H,45,51)(H,47,52)(H,54,55)/t28-,32-,34?,35+,36+,37-/m0/s1. The maximum atomic E-state index is 14.7. The van der Waals surface area contributed by atoms with Gasteiger partial charge in [-0.1, -0.05) is 72.4 Å². The van der Waals surface area contributed by atoms with Gasteiger partial charge in [0.1, 0.15) is 16.7 Å². The van der Waals surface area contributed by atoms with Crippen LogP contribution in [0.2, 0.25) is 0 Å². The molecule has 2 heterocycles. The molecule has 5 N–H and O–H groups in total. The quantitative estimate of drug-likeness (QED) is 0.0411. The highest BCUT2D eigenvalue weighted by Crippen LogP contribution is 2.32. The van der Waals surface area contributed by atoms with Crippen LogP contribution in [0.3, 0.4) is 0 Å². The first kappa shape index (κ1) is 48.3. The van der Waals surface area contributed by atoms with Gasteiger partial charge in [-0.15, -0.1) is 11.3 Å². The molecule has 1 saturated heterocycles. The Balaban J connectivity index is 1.94. The molecule has 2 aromatic rings. The number of unbranched alkanes of at least 4 members (excludes halogenated alkanes) is 2. The predicted molar refractivity (Wildman–Crippen MR) is 226 cm³/mol. The minimum absolute atomic E-state index is 0.0877. The molecule has 0 bridgehead atoms. The number of rotatable bonds is 23. The van der Waals surface area contributed by atoms with Crippen LogP contribution in [0, 0.1) is 17.3 Å². The van der Waals surface area contributed by atoms with Gasteiger partial charge >= 0.3 is 11.9 Å². The van der Waals surface area contributed by atoms with Gasteiger partial charge < -0.3 is 26.2 Å². The molecule has 3 rings (SSSR count). The zero-order valence-electron chi connectivity index (χ0n) is 36.0. The van der Waals surface area contributed by atoms with Gasteiger partial charge in [0.2, 0.25) is 5.91 Å². The molecule has 0 radical (unpaired) electrons. The number of carbonyl (C=O) groups excluding carboxylic acids is 4. The van der Waals surface area contributed by atoms with E-state index in [1.807, 2.05) is 51.8 Å². The van der Waals surface area contributed by atoms with Crippen molar-refractivity contribution in [2.75, 3.05) is 25.9 Å². The Morgan fingerprint density at radius 3 is 2.34 bits per heavy atom. The van der Waals surface area contributed by atoms with Crippen LogP contribution in [-0.2, 0) is 35.2 Å². The highest BCUT2D eigenvalue weighted by molar-refractivity contribution is 7.09. The maximum absolute atomic E-state index is 14.7. The summed E-state index contributed by atoms with van der Waals surface area (Å²) in [4.78, 5) is 79.8. The Hall–Kier alpha value is -4.08. The fourth-order valence-electron chi connectivity index (χ4n) is 7.19. The van der Waals surface area contributed by atoms with Gasteiger partial charge in [0.05, 0.1) is 24.1 Å². The smallest absolute Gasteiger partial charge is 0.309 e. The molecule has 1 aromatic heterocycles. The maximum Gasteiger partial charge on any atom is 0.309 e. The molecular formula is C43H68N6O8S. The summed E-state index contributed by atoms with van der Waals surface area (Å²) < 4.78 is 5.86. The zero-order chi connectivity index (χ0) is 43.2. The topological polar surface area (TPSA) is 193 Å². The van der Waals surface area contributed by atoms with Crippen LogP contribution in [0.1, 0.15) is 140 Å². The Morgan fingerprint density at radius 2 is 1.76 bits per heavy atom. The number of nitrogens with zero attached hydrogens (tertiary/aromatic N) is 3. The van der Waals surface area contributed by atoms with Crippen molar-refractivity contribution in [1.29, 1.82) is 0 Å². The molecule has 14 nitrogen and oxygen atoms in total. The Labute approximate surface area is 348 Å². The number of likely N-dealkylation sites (tertiary alicyclic amines) is 1. The van der Waals surface area contributed by atoms with E-state index in [1.165, 1.54) is 12.0 Å². The first-order chi connectivity index (χ1) is 27.4. The minimum atomic E-state index is -1.13. The van der Waals surface area contributed by atoms with E-state index in [1.54, 1.807) is 31.4 Å². The van der Waals surface area contributed by atoms with Crippen LogP contribution in [0.5, 0.6) is 0 Å². The second-order valence-corrected chi connectivity index (χ2v) is 17.7. The third-order valence-corrected chi connectivity index (χ3v) is 12.0. The fourth-order valence-corrected chi connectivity index (χ4v) is 8.03. The number of anilines is 1. The van der Waals surface area contributed by atoms with E-state index in [-0.39, 0.29) is 54.8 Å². The van der Waals surface area contributed by atoms with E-state index < -0.39 is 47.5 Å². The molecule has 1 aliphatic heterocycles. The number of benzene rings is 1. The molecule has 1 unspecified atom stereocenters. The van der Waals surface area contributed by atoms with Crippen molar-refractivity contribution >= 4 is 46.7 Å². The summed E-state index contributed by atoms with van der Waals surface area (Å²) in [5.41, 5.74) is 6.30. The number of thiazole rings is 1. The number of nitrogens with one attached hydrogen (secondary N) is 2. The van der Waals surface area contributed by atoms with Crippen molar-refractivity contribution in [3.8, 4) is 0 Å². The van der Waals surface area contributed by atoms with Crippen molar-refractivity contribution < 1.29 is 38.7 Å². The zero-order valence-corrected chi connectivity index (χ0v) is 36.9. The Morgan fingerprint density at radius 1 is 1.07 bits per heavy atom. The Bertz CT molecular complexity index is 1650. The summed E-state index contributed by atoms with van der Waals surface area (Å²) in [6.07, 6.45) is 5.61. The summed E-state index contributed by atoms with van der Waals surface area (Å²) in [7, 11) is 1.93. The van der Waals surface area contributed by atoms with E-state index in [9.17, 15) is 29.1 Å². The summed E-state index contributed by atoms with van der Waals surface area (Å²) in [6, 6.07) is 4.85. The molecule has 324 valence electrons. The number of likely N-dealkylation sites (N-methyl/N-ethyl adjacent to an activating group) is 1. The largest absolute Gasteiger partial charge is 0.481 e. The molecule has 6 atom stereocenters. The third kappa shape index (κ3) is 14.3. The van der Waals surface area contributed by atoms with Gasteiger partial charge in [-0.25, -0.2) is 10.0 Å². The normalized spacial score (nSPS) is 17.4. The lowest BCUT2D eigenvalue weighted by Crippen LogP contribution is -2.58. The van der Waals surface area contributed by atoms with E-state index in [0.29, 0.717) is 23.5 Å². The molecule has 0 saturated carbocycles. The van der Waals surface area contributed by atoms with E-state index in [0.717, 1.165) is 62.0 Å². The molecule has 1 aliphatic rings. The van der Waals surface area contributed by atoms with Crippen LogP contribution in [-0.4, -0.2) is 94.1 Å². The minimum Gasteiger partial charge on any atom is -0.481 e. The number of nitrogens with two attached hydrogens (primary N) is 1. The number of aromatic nitrogens is 1. The number of aliphatic carboxylic acids is 1. The lowest BCUT2D eigenvalue weighted by atomic mass is 9.84. The second-order valence-electron chi connectivity index (χ2n) is 16.8. The first-order valence-corrected chi connectivity index (χ1v) is 21.7. The van der Waals surface area contributed by atoms with Gasteiger partial charge in [-0.2, -0.15) is 0 Å². The molecular weight excluding hydrogens is 761 g/mol. The lowest BCUT2D eigenvalue weighted by Gasteiger charge is -2.39. The second kappa shape index (κ2) is 22.9. The van der Waals surface area contributed by atoms with Crippen molar-refractivity contribution in [3.05, 3.63) is 45.9 Å². The number of carboxylic acid groups (broad SMARTS) is 1. The van der Waals surface area contributed by atoms with Crippen LogP contribution in [0.15, 0.2) is 29.6 Å². The fraction of sp³-hybridized carbons (Fsp3) is 0.674. The van der Waals surface area contributed by atoms with E-state index in [2.05, 4.69) is 22.5 Å². The molecule has 1 fully saturated rings. The summed E-state index contributed by atoms with van der Waals surface area (Å²) >= 11 is 1.15. The number of nitrogen functional groups attached to an aromatic ring is 1. The summed E-state index contributed by atoms with van der Waals surface area (Å²) in [5, 5.41) is 19.3. The van der Waals surface area contributed by atoms with Crippen LogP contribution < -0.4 is 16.4 Å². The van der Waals surface area contributed by atoms with Crippen molar-refractivity contribution in [2.24, 2.45) is 17.3 Å². The van der Waals surface area contributed by atoms with Gasteiger partial charge in [0.15, 0.2) is 6.10 Å². The monoisotopic (exact) mass is 828 g/mol. The van der Waals surface area contributed by atoms with Crippen LogP contribution in [0.4, 0.5) is 5.69 Å². The number of hydrogen-bond donors (Lipinski definition) is 4. The predicted octanol–water partition coefficient (Wildman–Crippen LogP) is 6.55. The average molecular weight is 829 g/mol. The molecule has 15 heteroatoms. The van der Waals surface area contributed by atoms with Gasteiger partial charge in [-0.3, -0.25) is 33.7 Å². The molecule has 0 aliphatic carbocycles. The Kier molecular flexibility index (Phi) is 19.1. The van der Waals surface area contributed by atoms with Crippen molar-refractivity contribution in [2.45, 2.75) is 150 Å². The van der Waals surface area contributed by atoms with Gasteiger partial charge in [0, 0.05) is 30.5 Å². The van der Waals surface area contributed by atoms with Gasteiger partial charge in [0.25, 0.3) is 11.8 Å². The number of carbonyl (C=O) groups is 5. The van der Waals surface area contributed by atoms with E-state index in [4.69, 9.17) is 15.3 Å². The highest BCUT2D eigenvalue weighted by atomic mass is 32.1. The molecule has 0 spiro atoms. The van der Waals surface area contributed by atoms with Crippen LogP contribution >= 0.6 is 11.3 Å². The number of hydroxylamine groups is 2. The van der Waals surface area contributed by atoms with Crippen molar-refractivity contribution in [1.82, 2.24) is 25.6 Å². The summed E-state index contributed by atoms with van der Waals surface area (Å²) in [6.45, 7) is 15.5. The lowest BCUT2D eigenvalue weighted by molar-refractivity contribution is -0.213. The number of esters is 1. The first-order valence-electron chi connectivity index (χ1n) is 20.9. The SMILES string of the molecule is CCCCCON(C(=O)[C@@H](NC(=O)C1CCCCN1C)[C@@H](C)CC)[C@H](C[C@@H](OC(C)=O)c1nc(C(=O)N[C@@H](Cc2ccc(N)cc2)CC(C)(C)C(=O)O)cs1)C(C)C. The van der Waals surface area contributed by atoms with Crippen LogP contribution in [0.25, 0.3) is 0 Å². The highest BCUT2D eigenvalue weighted by Gasteiger charge is 2.40. The number of carboxylic acids is 1. The van der Waals surface area contributed by atoms with Gasteiger partial charge in [-0.05, 0) is 89.1 Å². The van der Waals surface area contributed by atoms with Crippen molar-refractivity contribution in [3.63, 3.8) is 0 Å². The molecule has 1 aromatic carbocycles. The third-order valence-electron chi connectivity index (χ3n) is 11.0. The number of amides is 3. The number of ether oxygens (including phenoxy) is 1. The number of piperidine rings is 1. The van der Waals surface area contributed by atoms with E-state index >= 15 is 0 Å². The number of hydrogen-bond acceptors (Lipinski definition) is 11. The molecule has 58 heavy (non-hydrogen) atoms. The molecule has 3 amide bonds. The average Bonchev–Trinajstić information content (AvgIpc) is 3.67.